The Hall–Kier alpha value is -5.58. The van der Waals surface area contributed by atoms with Crippen LogP contribution in [0.5, 0.6) is 28.7 Å². The van der Waals surface area contributed by atoms with Crippen LogP contribution in [-0.2, 0) is 12.8 Å². The molecule has 10 nitrogen and oxygen atoms in total. The van der Waals surface area contributed by atoms with E-state index < -0.39 is 0 Å². The van der Waals surface area contributed by atoms with Gasteiger partial charge in [0.2, 0.25) is 0 Å². The summed E-state index contributed by atoms with van der Waals surface area (Å²) in [5, 5.41) is 0. The van der Waals surface area contributed by atoms with Gasteiger partial charge in [0.1, 0.15) is 25.4 Å². The number of rotatable bonds is 12. The van der Waals surface area contributed by atoms with E-state index in [1.807, 2.05) is 48.6 Å². The average molecular weight is 717 g/mol. The van der Waals surface area contributed by atoms with Crippen molar-refractivity contribution in [1.29, 1.82) is 0 Å². The second-order valence-electron chi connectivity index (χ2n) is 13.8. The number of ketones is 2. The fourth-order valence-corrected chi connectivity index (χ4v) is 7.36. The maximum Gasteiger partial charge on any atom is 0.189 e. The molecule has 0 unspecified atom stereocenters. The summed E-state index contributed by atoms with van der Waals surface area (Å²) in [6.07, 6.45) is 5.07. The van der Waals surface area contributed by atoms with E-state index >= 15 is 0 Å². The monoisotopic (exact) mass is 716 g/mol. The van der Waals surface area contributed by atoms with Crippen LogP contribution >= 0.6 is 0 Å². The molecule has 7 rings (SSSR count). The van der Waals surface area contributed by atoms with Crippen molar-refractivity contribution in [3.05, 3.63) is 117 Å². The van der Waals surface area contributed by atoms with Crippen LogP contribution < -0.4 is 34.0 Å². The molecule has 3 aliphatic rings. The van der Waals surface area contributed by atoms with Gasteiger partial charge in [-0.05, 0) is 82.9 Å². The van der Waals surface area contributed by atoms with Crippen molar-refractivity contribution in [2.45, 2.75) is 12.8 Å². The number of fused-ring (bicyclic) bond motifs is 2. The first-order chi connectivity index (χ1) is 25.7. The summed E-state index contributed by atoms with van der Waals surface area (Å²) in [5.41, 5.74) is 11.6. The van der Waals surface area contributed by atoms with E-state index in [1.54, 1.807) is 40.6 Å². The van der Waals surface area contributed by atoms with Gasteiger partial charge >= 0.3 is 0 Å². The first-order valence-electron chi connectivity index (χ1n) is 17.9. The number of likely N-dealkylation sites (N-methyl/N-ethyl adjacent to an activating group) is 1. The van der Waals surface area contributed by atoms with Gasteiger partial charge in [0.25, 0.3) is 0 Å². The molecule has 4 aromatic rings. The van der Waals surface area contributed by atoms with Crippen molar-refractivity contribution in [3.8, 4) is 28.7 Å². The molecule has 0 radical (unpaired) electrons. The van der Waals surface area contributed by atoms with E-state index in [9.17, 15) is 9.59 Å². The first kappa shape index (κ1) is 35.8. The molecular weight excluding hydrogens is 670 g/mol. The Morgan fingerprint density at radius 2 is 1.11 bits per heavy atom. The maximum atomic E-state index is 13.1. The Morgan fingerprint density at radius 1 is 0.660 bits per heavy atom. The highest BCUT2D eigenvalue weighted by Gasteiger charge is 2.30. The summed E-state index contributed by atoms with van der Waals surface area (Å²) in [7, 11) is 8.58. The standard InChI is InChI=1S/C43H46N3O7/c1-46(44-14-19-53-35-12-8-29(9-13-35)21-33-23-31-25-39(50-3)41(52-5)27-37(31)43(33)48)17-15-45(16-18-46)34-10-6-28(7-11-34)20-32-22-30-24-38(49-2)40(51-4)26-36(30)42(32)47/h6-13,20-21,24-27,44H,14-19,22-23H2,1-5H3/q+1. The fraction of sp³-hybridized carbons (Fsp3) is 0.302. The van der Waals surface area contributed by atoms with E-state index in [0.717, 1.165) is 69.9 Å². The lowest BCUT2D eigenvalue weighted by Crippen LogP contribution is -2.64. The number of piperazine rings is 1. The van der Waals surface area contributed by atoms with Crippen LogP contribution in [-0.4, -0.2) is 91.0 Å². The minimum absolute atomic E-state index is 0.0186. The highest BCUT2D eigenvalue weighted by Crippen LogP contribution is 2.38. The molecule has 0 spiro atoms. The molecular formula is C43H46N3O7+. The molecule has 1 saturated heterocycles. The molecule has 2 aliphatic carbocycles. The third-order valence-electron chi connectivity index (χ3n) is 10.5. The second-order valence-corrected chi connectivity index (χ2v) is 13.8. The number of hydrogen-bond acceptors (Lipinski definition) is 9. The van der Waals surface area contributed by atoms with Crippen LogP contribution in [0, 0.1) is 0 Å². The van der Waals surface area contributed by atoms with Gasteiger partial charge in [-0.2, -0.15) is 5.43 Å². The van der Waals surface area contributed by atoms with Crippen molar-refractivity contribution in [3.63, 3.8) is 0 Å². The predicted octanol–water partition coefficient (Wildman–Crippen LogP) is 6.22. The van der Waals surface area contributed by atoms with Crippen molar-refractivity contribution in [2.75, 3.05) is 79.7 Å². The maximum absolute atomic E-state index is 13.1. The van der Waals surface area contributed by atoms with Crippen LogP contribution in [0.3, 0.4) is 0 Å². The van der Waals surface area contributed by atoms with Crippen molar-refractivity contribution >= 4 is 29.4 Å². The summed E-state index contributed by atoms with van der Waals surface area (Å²) in [6, 6.07) is 23.6. The molecule has 10 heteroatoms. The summed E-state index contributed by atoms with van der Waals surface area (Å²) in [5.74, 6) is 3.23. The molecule has 274 valence electrons. The zero-order valence-electron chi connectivity index (χ0n) is 31.0. The topological polar surface area (TPSA) is 95.6 Å². The normalized spacial score (nSPS) is 17.6. The number of nitrogens with one attached hydrogen (secondary N) is 1. The summed E-state index contributed by atoms with van der Waals surface area (Å²) < 4.78 is 28.4. The fourth-order valence-electron chi connectivity index (χ4n) is 7.36. The van der Waals surface area contributed by atoms with Gasteiger partial charge in [-0.3, -0.25) is 9.59 Å². The van der Waals surface area contributed by atoms with Gasteiger partial charge in [-0.15, -0.1) is 0 Å². The van der Waals surface area contributed by atoms with Crippen molar-refractivity contribution < 1.29 is 37.9 Å². The molecule has 0 bridgehead atoms. The van der Waals surface area contributed by atoms with E-state index in [1.165, 1.54) is 5.69 Å². The largest absolute Gasteiger partial charge is 0.493 e. The number of ether oxygens (including phenoxy) is 5. The zero-order chi connectivity index (χ0) is 37.1. The number of hydrogen-bond donors (Lipinski definition) is 1. The Labute approximate surface area is 310 Å². The molecule has 53 heavy (non-hydrogen) atoms. The van der Waals surface area contributed by atoms with Crippen molar-refractivity contribution in [2.24, 2.45) is 0 Å². The number of quaternary nitrogens is 1. The third-order valence-corrected chi connectivity index (χ3v) is 10.5. The SMILES string of the molecule is COc1cc2c(cc1OC)C(=O)C(=Cc1ccc(OCCN[N+]3(C)CCN(c4ccc(C=C5Cc6cc(OC)c(OC)cc6C5=O)cc4)CC3)cc1)C2. The first-order valence-corrected chi connectivity index (χ1v) is 17.9. The highest BCUT2D eigenvalue weighted by atomic mass is 16.5. The third kappa shape index (κ3) is 7.51. The summed E-state index contributed by atoms with van der Waals surface area (Å²) >= 11 is 0. The summed E-state index contributed by atoms with van der Waals surface area (Å²) in [4.78, 5) is 28.6. The molecule has 1 heterocycles. The van der Waals surface area contributed by atoms with Gasteiger partial charge in [-0.25, -0.2) is 4.59 Å². The Kier molecular flexibility index (Phi) is 10.3. The lowest BCUT2D eigenvalue weighted by Gasteiger charge is -2.42. The predicted molar refractivity (Wildman–Crippen MR) is 206 cm³/mol. The zero-order valence-corrected chi connectivity index (χ0v) is 31.0. The van der Waals surface area contributed by atoms with Crippen molar-refractivity contribution in [1.82, 2.24) is 5.43 Å². The Balaban J connectivity index is 0.864. The van der Waals surface area contributed by atoms with Gasteiger partial charge in [0.05, 0.1) is 55.1 Å². The van der Waals surface area contributed by atoms with Gasteiger partial charge in [-0.1, -0.05) is 24.3 Å². The molecule has 0 saturated carbocycles. The second kappa shape index (κ2) is 15.2. The summed E-state index contributed by atoms with van der Waals surface area (Å²) in [6.45, 7) is 5.02. The van der Waals surface area contributed by atoms with Gasteiger partial charge in [0, 0.05) is 40.8 Å². The molecule has 1 fully saturated rings. The molecule has 0 aromatic heterocycles. The van der Waals surface area contributed by atoms with E-state index in [2.05, 4.69) is 41.6 Å². The number of allylic oxidation sites excluding steroid dienone is 2. The number of methoxy groups -OCH3 is 4. The molecule has 1 N–H and O–H groups in total. The van der Waals surface area contributed by atoms with Crippen LogP contribution in [0.15, 0.2) is 83.9 Å². The number of benzene rings is 4. The van der Waals surface area contributed by atoms with Crippen LogP contribution in [0.2, 0.25) is 0 Å². The van der Waals surface area contributed by atoms with Crippen LogP contribution in [0.1, 0.15) is 43.0 Å². The smallest absolute Gasteiger partial charge is 0.189 e. The number of carbonyl (C=O) groups is 2. The molecule has 0 amide bonds. The molecule has 4 aromatic carbocycles. The van der Waals surface area contributed by atoms with Gasteiger partial charge in [0.15, 0.2) is 34.6 Å². The Morgan fingerprint density at radius 3 is 1.58 bits per heavy atom. The van der Waals surface area contributed by atoms with E-state index in [-0.39, 0.29) is 11.6 Å². The minimum Gasteiger partial charge on any atom is -0.493 e. The van der Waals surface area contributed by atoms with Crippen LogP contribution in [0.4, 0.5) is 5.69 Å². The van der Waals surface area contributed by atoms with E-state index in [4.69, 9.17) is 23.7 Å². The van der Waals surface area contributed by atoms with Crippen LogP contribution in [0.25, 0.3) is 12.2 Å². The number of anilines is 1. The average Bonchev–Trinajstić information content (AvgIpc) is 3.66. The lowest BCUT2D eigenvalue weighted by atomic mass is 10.1. The van der Waals surface area contributed by atoms with E-state index in [0.29, 0.717) is 60.1 Å². The number of carbonyl (C=O) groups excluding carboxylic acids is 2. The molecule has 0 atom stereocenters. The molecule has 1 aliphatic heterocycles. The highest BCUT2D eigenvalue weighted by molar-refractivity contribution is 6.16. The quantitative estimate of drug-likeness (QED) is 0.104. The Bertz CT molecular complexity index is 2080. The van der Waals surface area contributed by atoms with Gasteiger partial charge < -0.3 is 28.6 Å². The number of nitrogens with zero attached hydrogens (tertiary/aromatic N) is 2. The minimum atomic E-state index is 0.0186. The lowest BCUT2D eigenvalue weighted by molar-refractivity contribution is -0.952. The number of Topliss-reactive ketones (excluding diaryl/α,β-unsaturated/α-hetero) is 2.